The first-order chi connectivity index (χ1) is 14.0. The zero-order valence-electron chi connectivity index (χ0n) is 14.9. The lowest BCUT2D eigenvalue weighted by Gasteiger charge is -2.26. The van der Waals surface area contributed by atoms with Gasteiger partial charge in [-0.15, -0.1) is 0 Å². The van der Waals surface area contributed by atoms with E-state index >= 15 is 0 Å². The molecule has 0 fully saturated rings. The van der Waals surface area contributed by atoms with Gasteiger partial charge in [0.05, 0.1) is 23.4 Å². The fraction of sp³-hybridized carbons (Fsp3) is 0.167. The van der Waals surface area contributed by atoms with Crippen molar-refractivity contribution in [1.82, 2.24) is 19.9 Å². The molecule has 1 aliphatic heterocycles. The number of nitrogens with zero attached hydrogens (tertiary/aromatic N) is 5. The maximum absolute atomic E-state index is 12.7. The maximum Gasteiger partial charge on any atom is 0.277 e. The van der Waals surface area contributed by atoms with E-state index in [1.54, 1.807) is 4.90 Å². The van der Waals surface area contributed by atoms with Gasteiger partial charge in [-0.2, -0.15) is 0 Å². The van der Waals surface area contributed by atoms with Crippen molar-refractivity contribution in [2.45, 2.75) is 13.0 Å². The van der Waals surface area contributed by atoms with E-state index in [4.69, 9.17) is 0 Å². The van der Waals surface area contributed by atoms with Crippen molar-refractivity contribution in [2.24, 2.45) is 0 Å². The molecular weight excluding hydrogens is 396 g/mol. The Labute approximate surface area is 168 Å². The molecule has 0 bridgehead atoms. The Kier molecular flexibility index (Phi) is 4.96. The molecule has 1 aliphatic rings. The number of carbonyl (C=O) groups excluding carboxylic acids is 2. The summed E-state index contributed by atoms with van der Waals surface area (Å²) in [7, 11) is 0. The highest BCUT2D eigenvalue weighted by Crippen LogP contribution is 2.29. The number of amides is 2. The minimum absolute atomic E-state index is 0.0616. The molecule has 0 spiro atoms. The predicted octanol–water partition coefficient (Wildman–Crippen LogP) is 2.29. The van der Waals surface area contributed by atoms with Crippen molar-refractivity contribution in [3.05, 3.63) is 74.8 Å². The monoisotopic (exact) mass is 410 g/mol. The fourth-order valence-corrected chi connectivity index (χ4v) is 3.93. The number of thiazole rings is 1. The van der Waals surface area contributed by atoms with Gasteiger partial charge in [-0.25, -0.2) is 9.97 Å². The van der Waals surface area contributed by atoms with Crippen LogP contribution < -0.4 is 5.32 Å². The van der Waals surface area contributed by atoms with E-state index in [0.29, 0.717) is 30.2 Å². The molecule has 3 aromatic rings. The lowest BCUT2D eigenvalue weighted by molar-refractivity contribution is -0.384. The molecule has 4 rings (SSSR count). The van der Waals surface area contributed by atoms with Crippen LogP contribution in [0.5, 0.6) is 0 Å². The number of carbonyl (C=O) groups is 2. The Morgan fingerprint density at radius 1 is 1.21 bits per heavy atom. The third kappa shape index (κ3) is 3.94. The molecule has 3 heterocycles. The van der Waals surface area contributed by atoms with Crippen LogP contribution in [-0.2, 0) is 13.0 Å². The summed E-state index contributed by atoms with van der Waals surface area (Å²) in [6.07, 6.45) is 4.85. The second kappa shape index (κ2) is 7.72. The summed E-state index contributed by atoms with van der Waals surface area (Å²) in [5.74, 6) is -0.605. The first-order valence-electron chi connectivity index (χ1n) is 8.61. The number of nitro benzene ring substituents is 1. The molecule has 1 aromatic carbocycles. The SMILES string of the molecule is O=C(Nc1nc2c(s1)CN(C(=O)c1ccc([N+](=O)[O-])cc1)CC2)c1cnccn1. The van der Waals surface area contributed by atoms with Gasteiger partial charge in [0.25, 0.3) is 17.5 Å². The number of rotatable bonds is 4. The van der Waals surface area contributed by atoms with Crippen LogP contribution in [0.2, 0.25) is 0 Å². The van der Waals surface area contributed by atoms with Crippen molar-refractivity contribution in [1.29, 1.82) is 0 Å². The number of hydrogen-bond acceptors (Lipinski definition) is 8. The Morgan fingerprint density at radius 3 is 2.69 bits per heavy atom. The van der Waals surface area contributed by atoms with Crippen LogP contribution in [0.4, 0.5) is 10.8 Å². The molecule has 2 amide bonds. The quantitative estimate of drug-likeness (QED) is 0.515. The molecule has 0 saturated carbocycles. The van der Waals surface area contributed by atoms with Crippen molar-refractivity contribution in [2.75, 3.05) is 11.9 Å². The minimum Gasteiger partial charge on any atom is -0.333 e. The van der Waals surface area contributed by atoms with Gasteiger partial charge >= 0.3 is 0 Å². The average Bonchev–Trinajstić information content (AvgIpc) is 3.15. The van der Waals surface area contributed by atoms with Gasteiger partial charge in [0, 0.05) is 47.9 Å². The number of fused-ring (bicyclic) bond motifs is 1. The zero-order chi connectivity index (χ0) is 20.4. The molecule has 0 aliphatic carbocycles. The number of aromatic nitrogens is 3. The third-order valence-corrected chi connectivity index (χ3v) is 5.36. The van der Waals surface area contributed by atoms with Crippen molar-refractivity contribution >= 4 is 34.0 Å². The van der Waals surface area contributed by atoms with E-state index < -0.39 is 10.8 Å². The number of benzene rings is 1. The van der Waals surface area contributed by atoms with E-state index in [9.17, 15) is 19.7 Å². The van der Waals surface area contributed by atoms with E-state index in [-0.39, 0.29) is 17.3 Å². The second-order valence-corrected chi connectivity index (χ2v) is 7.30. The summed E-state index contributed by atoms with van der Waals surface area (Å²) in [6.45, 7) is 0.841. The fourth-order valence-electron chi connectivity index (χ4n) is 2.91. The number of nitro groups is 1. The molecule has 0 atom stereocenters. The third-order valence-electron chi connectivity index (χ3n) is 4.36. The Hall–Kier alpha value is -3.73. The van der Waals surface area contributed by atoms with Crippen molar-refractivity contribution < 1.29 is 14.5 Å². The van der Waals surface area contributed by atoms with E-state index in [0.717, 1.165) is 10.6 Å². The number of anilines is 1. The summed E-state index contributed by atoms with van der Waals surface area (Å²) in [5.41, 5.74) is 1.36. The lowest BCUT2D eigenvalue weighted by atomic mass is 10.1. The van der Waals surface area contributed by atoms with Gasteiger partial charge in [-0.3, -0.25) is 30.0 Å². The van der Waals surface area contributed by atoms with Gasteiger partial charge < -0.3 is 4.90 Å². The molecular formula is C18H14N6O4S. The second-order valence-electron chi connectivity index (χ2n) is 6.21. The van der Waals surface area contributed by atoms with Crippen LogP contribution >= 0.6 is 11.3 Å². The lowest BCUT2D eigenvalue weighted by Crippen LogP contribution is -2.35. The smallest absolute Gasteiger partial charge is 0.277 e. The molecule has 2 aromatic heterocycles. The van der Waals surface area contributed by atoms with Crippen LogP contribution in [0, 0.1) is 10.1 Å². The summed E-state index contributed by atoms with van der Waals surface area (Å²) >= 11 is 1.31. The van der Waals surface area contributed by atoms with Crippen LogP contribution in [0.3, 0.4) is 0 Å². The van der Waals surface area contributed by atoms with E-state index in [1.165, 1.54) is 54.2 Å². The molecule has 11 heteroatoms. The molecule has 10 nitrogen and oxygen atoms in total. The molecule has 0 unspecified atom stereocenters. The summed E-state index contributed by atoms with van der Waals surface area (Å²) in [5, 5.41) is 13.9. The van der Waals surface area contributed by atoms with E-state index in [1.807, 2.05) is 0 Å². The van der Waals surface area contributed by atoms with Gasteiger partial charge in [0.2, 0.25) is 0 Å². The molecule has 29 heavy (non-hydrogen) atoms. The number of nitrogens with one attached hydrogen (secondary N) is 1. The van der Waals surface area contributed by atoms with Gasteiger partial charge in [0.1, 0.15) is 5.69 Å². The minimum atomic E-state index is -0.504. The van der Waals surface area contributed by atoms with Gasteiger partial charge in [-0.1, -0.05) is 11.3 Å². The highest BCUT2D eigenvalue weighted by Gasteiger charge is 2.26. The summed E-state index contributed by atoms with van der Waals surface area (Å²) in [4.78, 5) is 50.0. The predicted molar refractivity (Wildman–Crippen MR) is 104 cm³/mol. The van der Waals surface area contributed by atoms with Crippen molar-refractivity contribution in [3.63, 3.8) is 0 Å². The van der Waals surface area contributed by atoms with Crippen LogP contribution in [0.25, 0.3) is 0 Å². The maximum atomic E-state index is 12.7. The Bertz CT molecular complexity index is 1080. The highest BCUT2D eigenvalue weighted by molar-refractivity contribution is 7.15. The highest BCUT2D eigenvalue weighted by atomic mass is 32.1. The zero-order valence-corrected chi connectivity index (χ0v) is 15.8. The Balaban J connectivity index is 1.45. The van der Waals surface area contributed by atoms with Crippen LogP contribution in [0.15, 0.2) is 42.9 Å². The van der Waals surface area contributed by atoms with Crippen LogP contribution in [-0.4, -0.2) is 43.1 Å². The molecule has 0 saturated heterocycles. The largest absolute Gasteiger partial charge is 0.333 e. The number of hydrogen-bond donors (Lipinski definition) is 1. The van der Waals surface area contributed by atoms with Crippen molar-refractivity contribution in [3.8, 4) is 0 Å². The summed E-state index contributed by atoms with van der Waals surface area (Å²) < 4.78 is 0. The first kappa shape index (κ1) is 18.6. The molecule has 146 valence electrons. The Morgan fingerprint density at radius 2 is 2.00 bits per heavy atom. The number of non-ortho nitro benzene ring substituents is 1. The van der Waals surface area contributed by atoms with Gasteiger partial charge in [0.15, 0.2) is 5.13 Å². The molecule has 0 radical (unpaired) electrons. The topological polar surface area (TPSA) is 131 Å². The normalized spacial score (nSPS) is 12.9. The average molecular weight is 410 g/mol. The molecule has 1 N–H and O–H groups in total. The summed E-state index contributed by atoms with van der Waals surface area (Å²) in [6, 6.07) is 5.54. The first-order valence-corrected chi connectivity index (χ1v) is 9.42. The van der Waals surface area contributed by atoms with Crippen LogP contribution in [0.1, 0.15) is 31.4 Å². The van der Waals surface area contributed by atoms with Gasteiger partial charge in [-0.05, 0) is 12.1 Å². The standard InChI is InChI=1S/C18H14N6O4S/c25-16(14-9-19-6-7-20-14)22-18-21-13-5-8-23(10-15(13)29-18)17(26)11-1-3-12(4-2-11)24(27)28/h1-4,6-7,9H,5,8,10H2,(H,21,22,25). The van der Waals surface area contributed by atoms with E-state index in [2.05, 4.69) is 20.3 Å².